The summed E-state index contributed by atoms with van der Waals surface area (Å²) in [6.45, 7) is 2.81. The first kappa shape index (κ1) is 14.1. The van der Waals surface area contributed by atoms with Crippen LogP contribution in [0.15, 0.2) is 22.6 Å². The minimum atomic E-state index is -0.260. The molecule has 6 nitrogen and oxygen atoms in total. The minimum Gasteiger partial charge on any atom is -0.334 e. The van der Waals surface area contributed by atoms with Gasteiger partial charge in [0.15, 0.2) is 0 Å². The van der Waals surface area contributed by atoms with E-state index in [1.807, 2.05) is 4.90 Å². The van der Waals surface area contributed by atoms with Gasteiger partial charge in [-0.25, -0.2) is 9.48 Å². The van der Waals surface area contributed by atoms with Gasteiger partial charge in [-0.15, -0.1) is 11.3 Å². The van der Waals surface area contributed by atoms with Crippen LogP contribution in [0.2, 0.25) is 0 Å². The summed E-state index contributed by atoms with van der Waals surface area (Å²) in [5.41, 5.74) is 1.00. The fraction of sp³-hybridized carbons (Fsp3) is 0.500. The van der Waals surface area contributed by atoms with Crippen molar-refractivity contribution in [2.45, 2.75) is 32.4 Å². The Kier molecular flexibility index (Phi) is 3.67. The smallest absolute Gasteiger partial charge is 0.334 e. The highest BCUT2D eigenvalue weighted by Crippen LogP contribution is 2.35. The Morgan fingerprint density at radius 2 is 2.33 bits per heavy atom. The number of hydrogen-bond donors (Lipinski definition) is 0. The van der Waals surface area contributed by atoms with Gasteiger partial charge in [-0.2, -0.15) is 5.10 Å². The monoisotopic (exact) mass is 306 g/mol. The third-order valence-electron chi connectivity index (χ3n) is 3.97. The molecular weight excluding hydrogens is 288 g/mol. The fourth-order valence-electron chi connectivity index (χ4n) is 2.88. The summed E-state index contributed by atoms with van der Waals surface area (Å²) in [6, 6.07) is 2.23. The summed E-state index contributed by atoms with van der Waals surface area (Å²) in [4.78, 5) is 27.6. The van der Waals surface area contributed by atoms with E-state index in [4.69, 9.17) is 0 Å². The van der Waals surface area contributed by atoms with Crippen LogP contribution < -0.4 is 5.69 Å². The summed E-state index contributed by atoms with van der Waals surface area (Å²) in [5, 5.41) is 6.04. The van der Waals surface area contributed by atoms with E-state index in [1.54, 1.807) is 18.4 Å². The zero-order chi connectivity index (χ0) is 15.0. The Balaban J connectivity index is 1.82. The van der Waals surface area contributed by atoms with Crippen molar-refractivity contribution in [2.24, 2.45) is 7.05 Å². The SMILES string of the molecule is CCC1c2ccsc2CCN1C(=O)Cn1ncn(C)c1=O. The molecule has 1 aliphatic rings. The van der Waals surface area contributed by atoms with Gasteiger partial charge in [-0.3, -0.25) is 9.36 Å². The molecule has 0 radical (unpaired) electrons. The number of aryl methyl sites for hydroxylation is 1. The van der Waals surface area contributed by atoms with E-state index >= 15 is 0 Å². The predicted molar refractivity (Wildman–Crippen MR) is 80.2 cm³/mol. The van der Waals surface area contributed by atoms with Crippen LogP contribution in [-0.2, 0) is 24.8 Å². The zero-order valence-corrected chi connectivity index (χ0v) is 13.0. The minimum absolute atomic E-state index is 0.00957. The van der Waals surface area contributed by atoms with Crippen molar-refractivity contribution < 1.29 is 4.79 Å². The molecule has 1 aliphatic heterocycles. The van der Waals surface area contributed by atoms with Crippen molar-refractivity contribution in [1.29, 1.82) is 0 Å². The molecule has 0 spiro atoms. The third-order valence-corrected chi connectivity index (χ3v) is 4.97. The second-order valence-electron chi connectivity index (χ2n) is 5.24. The highest BCUT2D eigenvalue weighted by Gasteiger charge is 2.30. The molecule has 3 rings (SSSR count). The Morgan fingerprint density at radius 1 is 1.52 bits per heavy atom. The van der Waals surface area contributed by atoms with Crippen molar-refractivity contribution in [1.82, 2.24) is 19.2 Å². The summed E-state index contributed by atoms with van der Waals surface area (Å²) in [6.07, 6.45) is 3.21. The maximum atomic E-state index is 12.6. The van der Waals surface area contributed by atoms with Crippen LogP contribution in [0.1, 0.15) is 29.8 Å². The van der Waals surface area contributed by atoms with E-state index < -0.39 is 0 Å². The average molecular weight is 306 g/mol. The average Bonchev–Trinajstić information content (AvgIpc) is 3.07. The van der Waals surface area contributed by atoms with E-state index in [1.165, 1.54) is 26.0 Å². The van der Waals surface area contributed by atoms with Crippen molar-refractivity contribution in [3.63, 3.8) is 0 Å². The van der Waals surface area contributed by atoms with Crippen molar-refractivity contribution in [3.05, 3.63) is 38.7 Å². The normalized spacial score (nSPS) is 17.8. The van der Waals surface area contributed by atoms with Gasteiger partial charge in [-0.1, -0.05) is 6.92 Å². The number of aromatic nitrogens is 3. The van der Waals surface area contributed by atoms with Gasteiger partial charge in [0, 0.05) is 18.5 Å². The zero-order valence-electron chi connectivity index (χ0n) is 12.2. The van der Waals surface area contributed by atoms with E-state index in [2.05, 4.69) is 23.5 Å². The molecule has 112 valence electrons. The Morgan fingerprint density at radius 3 is 3.00 bits per heavy atom. The molecule has 2 aromatic heterocycles. The van der Waals surface area contributed by atoms with E-state index in [0.717, 1.165) is 12.8 Å². The van der Waals surface area contributed by atoms with Gasteiger partial charge in [-0.05, 0) is 29.9 Å². The number of fused-ring (bicyclic) bond motifs is 1. The van der Waals surface area contributed by atoms with Crippen molar-refractivity contribution in [3.8, 4) is 0 Å². The predicted octanol–water partition coefficient (Wildman–Crippen LogP) is 1.18. The van der Waals surface area contributed by atoms with Crippen molar-refractivity contribution in [2.75, 3.05) is 6.54 Å². The first-order valence-corrected chi connectivity index (χ1v) is 7.94. The molecule has 1 atom stereocenters. The van der Waals surface area contributed by atoms with E-state index in [9.17, 15) is 9.59 Å². The Hall–Kier alpha value is -1.89. The molecule has 1 unspecified atom stereocenters. The quantitative estimate of drug-likeness (QED) is 0.855. The van der Waals surface area contributed by atoms with E-state index in [0.29, 0.717) is 6.54 Å². The third kappa shape index (κ3) is 2.42. The summed E-state index contributed by atoms with van der Waals surface area (Å²) in [5.74, 6) is -0.0421. The number of carbonyl (C=O) groups excluding carboxylic acids is 1. The summed E-state index contributed by atoms with van der Waals surface area (Å²) < 4.78 is 2.59. The summed E-state index contributed by atoms with van der Waals surface area (Å²) >= 11 is 1.76. The molecule has 0 aromatic carbocycles. The van der Waals surface area contributed by atoms with Crippen LogP contribution in [0.4, 0.5) is 0 Å². The lowest BCUT2D eigenvalue weighted by Crippen LogP contribution is -2.42. The lowest BCUT2D eigenvalue weighted by Gasteiger charge is -2.35. The van der Waals surface area contributed by atoms with Crippen LogP contribution in [0, 0.1) is 0 Å². The molecule has 0 bridgehead atoms. The maximum Gasteiger partial charge on any atom is 0.345 e. The fourth-order valence-corrected chi connectivity index (χ4v) is 3.81. The van der Waals surface area contributed by atoms with Gasteiger partial charge in [0.1, 0.15) is 12.9 Å². The molecular formula is C14H18N4O2S. The van der Waals surface area contributed by atoms with Gasteiger partial charge in [0.25, 0.3) is 0 Å². The van der Waals surface area contributed by atoms with E-state index in [-0.39, 0.29) is 24.2 Å². The number of nitrogens with zero attached hydrogens (tertiary/aromatic N) is 4. The standard InChI is InChI=1S/C14H18N4O2S/c1-3-11-10-5-7-21-12(10)4-6-17(11)13(19)8-18-14(20)16(2)9-15-18/h5,7,9,11H,3-4,6,8H2,1-2H3. The molecule has 2 aromatic rings. The molecule has 0 aliphatic carbocycles. The number of hydrogen-bond acceptors (Lipinski definition) is 4. The lowest BCUT2D eigenvalue weighted by atomic mass is 9.98. The van der Waals surface area contributed by atoms with Crippen LogP contribution in [0.25, 0.3) is 0 Å². The Labute approximate surface area is 126 Å². The second kappa shape index (κ2) is 5.48. The highest BCUT2D eigenvalue weighted by molar-refractivity contribution is 7.10. The van der Waals surface area contributed by atoms with Gasteiger partial charge in [0.05, 0.1) is 6.04 Å². The molecule has 0 saturated carbocycles. The van der Waals surface area contributed by atoms with Crippen LogP contribution in [0.3, 0.4) is 0 Å². The summed E-state index contributed by atoms with van der Waals surface area (Å²) in [7, 11) is 1.63. The molecule has 21 heavy (non-hydrogen) atoms. The van der Waals surface area contributed by atoms with Crippen LogP contribution >= 0.6 is 11.3 Å². The van der Waals surface area contributed by atoms with Crippen LogP contribution in [-0.4, -0.2) is 31.7 Å². The molecule has 3 heterocycles. The number of carbonyl (C=O) groups is 1. The van der Waals surface area contributed by atoms with Gasteiger partial charge < -0.3 is 4.90 Å². The molecule has 7 heteroatoms. The van der Waals surface area contributed by atoms with Crippen LogP contribution in [0.5, 0.6) is 0 Å². The first-order chi connectivity index (χ1) is 10.1. The maximum absolute atomic E-state index is 12.6. The first-order valence-electron chi connectivity index (χ1n) is 7.06. The second-order valence-corrected chi connectivity index (χ2v) is 6.24. The number of amides is 1. The largest absolute Gasteiger partial charge is 0.345 e. The van der Waals surface area contributed by atoms with Gasteiger partial charge in [0.2, 0.25) is 5.91 Å². The molecule has 0 saturated heterocycles. The lowest BCUT2D eigenvalue weighted by molar-refractivity contribution is -0.135. The van der Waals surface area contributed by atoms with Crippen molar-refractivity contribution >= 4 is 17.2 Å². The molecule has 0 fully saturated rings. The number of thiophene rings is 1. The highest BCUT2D eigenvalue weighted by atomic mass is 32.1. The number of rotatable bonds is 3. The topological polar surface area (TPSA) is 60.1 Å². The van der Waals surface area contributed by atoms with Gasteiger partial charge >= 0.3 is 5.69 Å². The Bertz CT molecular complexity index is 715. The molecule has 1 amide bonds. The molecule has 0 N–H and O–H groups in total.